The lowest BCUT2D eigenvalue weighted by Crippen LogP contribution is -2.47. The van der Waals surface area contributed by atoms with Crippen LogP contribution < -0.4 is 15.4 Å². The van der Waals surface area contributed by atoms with E-state index in [-0.39, 0.29) is 0 Å². The summed E-state index contributed by atoms with van der Waals surface area (Å²) >= 11 is 0. The van der Waals surface area contributed by atoms with E-state index in [1.165, 1.54) is 6.54 Å². The highest BCUT2D eigenvalue weighted by atomic mass is 16.5. The van der Waals surface area contributed by atoms with Crippen LogP contribution in [0.5, 0.6) is 5.88 Å². The Bertz CT molecular complexity index is 414. The van der Waals surface area contributed by atoms with Gasteiger partial charge >= 0.3 is 0 Å². The van der Waals surface area contributed by atoms with E-state index in [4.69, 9.17) is 10.5 Å². The van der Waals surface area contributed by atoms with Gasteiger partial charge in [0.15, 0.2) is 0 Å². The number of nitrogens with two attached hydrogens (primary N) is 1. The van der Waals surface area contributed by atoms with Crippen LogP contribution >= 0.6 is 0 Å². The number of rotatable bonds is 4. The molecule has 0 saturated carbocycles. The highest BCUT2D eigenvalue weighted by Crippen LogP contribution is 2.23. The number of piperazine rings is 1. The number of hydrogen-bond acceptors (Lipinski definition) is 5. The molecule has 19 heavy (non-hydrogen) atoms. The van der Waals surface area contributed by atoms with Gasteiger partial charge in [0.2, 0.25) is 5.88 Å². The fraction of sp³-hybridized carbons (Fsp3) is 0.643. The van der Waals surface area contributed by atoms with Crippen LogP contribution in [0.3, 0.4) is 0 Å². The maximum Gasteiger partial charge on any atom is 0.238 e. The van der Waals surface area contributed by atoms with Gasteiger partial charge in [0, 0.05) is 32.7 Å². The van der Waals surface area contributed by atoms with E-state index >= 15 is 0 Å². The van der Waals surface area contributed by atoms with Crippen LogP contribution in [0.2, 0.25) is 0 Å². The van der Waals surface area contributed by atoms with Crippen molar-refractivity contribution in [2.75, 3.05) is 50.5 Å². The van der Waals surface area contributed by atoms with Crippen molar-refractivity contribution in [1.82, 2.24) is 9.88 Å². The second kappa shape index (κ2) is 6.10. The van der Waals surface area contributed by atoms with Gasteiger partial charge in [-0.2, -0.15) is 4.98 Å². The lowest BCUT2D eigenvalue weighted by molar-refractivity contribution is 0.230. The molecule has 0 unspecified atom stereocenters. The zero-order valence-corrected chi connectivity index (χ0v) is 12.1. The van der Waals surface area contributed by atoms with Crippen LogP contribution in [0.15, 0.2) is 12.1 Å². The summed E-state index contributed by atoms with van der Waals surface area (Å²) in [6.45, 7) is 9.89. The summed E-state index contributed by atoms with van der Waals surface area (Å²) in [5.74, 6) is 2.19. The number of nitrogen functional groups attached to an aromatic ring is 1. The maximum absolute atomic E-state index is 5.79. The predicted molar refractivity (Wildman–Crippen MR) is 78.7 cm³/mol. The third kappa shape index (κ3) is 3.50. The fourth-order valence-corrected chi connectivity index (χ4v) is 2.46. The molecule has 1 aromatic rings. The molecular formula is C14H24N4O. The Kier molecular flexibility index (Phi) is 4.47. The van der Waals surface area contributed by atoms with Crippen LogP contribution in [-0.4, -0.2) is 49.7 Å². The summed E-state index contributed by atoms with van der Waals surface area (Å²) in [6.07, 6.45) is 0. The molecule has 1 saturated heterocycles. The second-order valence-electron chi connectivity index (χ2n) is 5.45. The minimum absolute atomic E-state index is 0.516. The van der Waals surface area contributed by atoms with Crippen molar-refractivity contribution >= 4 is 11.5 Å². The van der Waals surface area contributed by atoms with Crippen LogP contribution in [0, 0.1) is 5.92 Å². The molecule has 0 atom stereocenters. The van der Waals surface area contributed by atoms with Crippen molar-refractivity contribution in [2.24, 2.45) is 5.92 Å². The molecule has 1 fully saturated rings. The topological polar surface area (TPSA) is 54.6 Å². The molecule has 0 radical (unpaired) electrons. The van der Waals surface area contributed by atoms with Crippen molar-refractivity contribution in [3.63, 3.8) is 0 Å². The van der Waals surface area contributed by atoms with E-state index in [2.05, 4.69) is 28.6 Å². The standard InChI is InChI=1S/C14H24N4O/c1-11(2)10-17-6-8-18(9-7-17)13-5-4-12(15)14(16-13)19-3/h4-5,11H,6-10,15H2,1-3H3. The molecule has 2 rings (SSSR count). The Balaban J connectivity index is 1.97. The van der Waals surface area contributed by atoms with Crippen molar-refractivity contribution in [3.8, 4) is 5.88 Å². The van der Waals surface area contributed by atoms with E-state index in [9.17, 15) is 0 Å². The minimum Gasteiger partial charge on any atom is -0.479 e. The predicted octanol–water partition coefficient (Wildman–Crippen LogP) is 1.45. The number of anilines is 2. The number of nitrogens with zero attached hydrogens (tertiary/aromatic N) is 3. The first-order valence-electron chi connectivity index (χ1n) is 6.88. The smallest absolute Gasteiger partial charge is 0.238 e. The van der Waals surface area contributed by atoms with Gasteiger partial charge < -0.3 is 15.4 Å². The Morgan fingerprint density at radius 2 is 1.95 bits per heavy atom. The Hall–Kier alpha value is -1.49. The van der Waals surface area contributed by atoms with E-state index in [1.807, 2.05) is 12.1 Å². The van der Waals surface area contributed by atoms with E-state index in [1.54, 1.807) is 7.11 Å². The van der Waals surface area contributed by atoms with Crippen molar-refractivity contribution in [3.05, 3.63) is 12.1 Å². The fourth-order valence-electron chi connectivity index (χ4n) is 2.46. The quantitative estimate of drug-likeness (QED) is 0.892. The minimum atomic E-state index is 0.516. The molecule has 1 aromatic heterocycles. The first kappa shape index (κ1) is 13.9. The van der Waals surface area contributed by atoms with Crippen molar-refractivity contribution < 1.29 is 4.74 Å². The van der Waals surface area contributed by atoms with Gasteiger partial charge in [-0.15, -0.1) is 0 Å². The maximum atomic E-state index is 5.79. The lowest BCUT2D eigenvalue weighted by Gasteiger charge is -2.36. The van der Waals surface area contributed by atoms with Gasteiger partial charge in [-0.1, -0.05) is 13.8 Å². The Labute approximate surface area is 115 Å². The molecule has 2 heterocycles. The van der Waals surface area contributed by atoms with Crippen molar-refractivity contribution in [1.29, 1.82) is 0 Å². The first-order valence-corrected chi connectivity index (χ1v) is 6.88. The second-order valence-corrected chi connectivity index (χ2v) is 5.45. The summed E-state index contributed by atoms with van der Waals surface area (Å²) in [4.78, 5) is 9.26. The Morgan fingerprint density at radius 1 is 1.26 bits per heavy atom. The van der Waals surface area contributed by atoms with Gasteiger partial charge in [-0.05, 0) is 18.1 Å². The molecule has 0 aliphatic carbocycles. The van der Waals surface area contributed by atoms with Gasteiger partial charge in [-0.25, -0.2) is 0 Å². The number of methoxy groups -OCH3 is 1. The number of pyridine rings is 1. The number of ether oxygens (including phenoxy) is 1. The molecular weight excluding hydrogens is 240 g/mol. The van der Waals surface area contributed by atoms with Gasteiger partial charge in [0.1, 0.15) is 5.82 Å². The molecule has 5 heteroatoms. The summed E-state index contributed by atoms with van der Waals surface area (Å²) in [6, 6.07) is 3.83. The van der Waals surface area contributed by atoms with Crippen LogP contribution in [0.4, 0.5) is 11.5 Å². The first-order chi connectivity index (χ1) is 9.10. The number of hydrogen-bond donors (Lipinski definition) is 1. The molecule has 0 bridgehead atoms. The van der Waals surface area contributed by atoms with E-state index < -0.39 is 0 Å². The molecule has 0 amide bonds. The summed E-state index contributed by atoms with van der Waals surface area (Å²) in [5, 5.41) is 0. The molecule has 0 aromatic carbocycles. The highest BCUT2D eigenvalue weighted by Gasteiger charge is 2.19. The van der Waals surface area contributed by atoms with Crippen LogP contribution in [0.1, 0.15) is 13.8 Å². The lowest BCUT2D eigenvalue weighted by atomic mass is 10.2. The Morgan fingerprint density at radius 3 is 2.53 bits per heavy atom. The molecule has 5 nitrogen and oxygen atoms in total. The molecule has 1 aliphatic heterocycles. The molecule has 0 spiro atoms. The molecule has 2 N–H and O–H groups in total. The zero-order chi connectivity index (χ0) is 13.8. The largest absolute Gasteiger partial charge is 0.479 e. The molecule has 1 aliphatic rings. The average Bonchev–Trinajstić information content (AvgIpc) is 2.40. The molecule has 106 valence electrons. The third-order valence-electron chi connectivity index (χ3n) is 3.39. The van der Waals surface area contributed by atoms with Crippen LogP contribution in [-0.2, 0) is 0 Å². The SMILES string of the molecule is COc1nc(N2CCN(CC(C)C)CC2)ccc1N. The van der Waals surface area contributed by atoms with Crippen LogP contribution in [0.25, 0.3) is 0 Å². The van der Waals surface area contributed by atoms with Gasteiger partial charge in [0.25, 0.3) is 0 Å². The van der Waals surface area contributed by atoms with E-state index in [0.29, 0.717) is 11.6 Å². The average molecular weight is 264 g/mol. The normalized spacial score (nSPS) is 16.9. The van der Waals surface area contributed by atoms with Gasteiger partial charge in [-0.3, -0.25) is 4.90 Å². The van der Waals surface area contributed by atoms with E-state index in [0.717, 1.165) is 37.9 Å². The monoisotopic (exact) mass is 264 g/mol. The summed E-state index contributed by atoms with van der Waals surface area (Å²) in [5.41, 5.74) is 6.38. The highest BCUT2D eigenvalue weighted by molar-refractivity contribution is 5.54. The third-order valence-corrected chi connectivity index (χ3v) is 3.39. The number of aromatic nitrogens is 1. The summed E-state index contributed by atoms with van der Waals surface area (Å²) in [7, 11) is 1.60. The van der Waals surface area contributed by atoms with Crippen molar-refractivity contribution in [2.45, 2.75) is 13.8 Å². The van der Waals surface area contributed by atoms with Gasteiger partial charge in [0.05, 0.1) is 12.8 Å². The summed E-state index contributed by atoms with van der Waals surface area (Å²) < 4.78 is 5.18. The zero-order valence-electron chi connectivity index (χ0n) is 12.1.